The monoisotopic (exact) mass is 410 g/mol. The van der Waals surface area contributed by atoms with E-state index in [2.05, 4.69) is 11.6 Å². The number of hydrogen-bond acceptors (Lipinski definition) is 2. The zero-order chi connectivity index (χ0) is 19.8. The van der Waals surface area contributed by atoms with Crippen molar-refractivity contribution in [3.63, 3.8) is 0 Å². The second-order valence-corrected chi connectivity index (χ2v) is 7.21. The molecule has 3 nitrogen and oxygen atoms in total. The van der Waals surface area contributed by atoms with Crippen molar-refractivity contribution in [2.75, 3.05) is 0 Å². The minimum Gasteiger partial charge on any atom is -0.312 e. The summed E-state index contributed by atoms with van der Waals surface area (Å²) >= 11 is 7.46. The van der Waals surface area contributed by atoms with Crippen LogP contribution in [-0.2, 0) is 12.7 Å². The van der Waals surface area contributed by atoms with Crippen LogP contribution in [0.15, 0.2) is 54.0 Å². The molecule has 0 aliphatic carbocycles. The molecule has 2 aromatic carbocycles. The van der Waals surface area contributed by atoms with Gasteiger partial charge in [-0.15, -0.1) is 6.58 Å². The SMILES string of the molecule is C=CCn1c(=NC(=O)c2cccc(C(F)(F)F)c2)sc2ccc(Cl)c(C)c21. The van der Waals surface area contributed by atoms with E-state index in [1.165, 1.54) is 23.5 Å². The maximum absolute atomic E-state index is 12.9. The molecule has 0 fully saturated rings. The molecule has 0 spiro atoms. The summed E-state index contributed by atoms with van der Waals surface area (Å²) in [6.45, 7) is 5.95. The van der Waals surface area contributed by atoms with Crippen molar-refractivity contribution in [2.45, 2.75) is 19.6 Å². The van der Waals surface area contributed by atoms with E-state index in [0.29, 0.717) is 16.4 Å². The van der Waals surface area contributed by atoms with Gasteiger partial charge in [0.1, 0.15) is 0 Å². The molecule has 1 aromatic heterocycles. The molecule has 0 unspecified atom stereocenters. The lowest BCUT2D eigenvalue weighted by molar-refractivity contribution is -0.137. The van der Waals surface area contributed by atoms with E-state index in [0.717, 1.165) is 27.9 Å². The quantitative estimate of drug-likeness (QED) is 0.517. The van der Waals surface area contributed by atoms with Gasteiger partial charge in [0.2, 0.25) is 0 Å². The van der Waals surface area contributed by atoms with E-state index in [1.807, 2.05) is 13.0 Å². The highest BCUT2D eigenvalue weighted by Gasteiger charge is 2.30. The Labute approximate surface area is 162 Å². The van der Waals surface area contributed by atoms with Gasteiger partial charge in [-0.1, -0.05) is 35.1 Å². The second-order valence-electron chi connectivity index (χ2n) is 5.80. The Kier molecular flexibility index (Phi) is 5.26. The van der Waals surface area contributed by atoms with Gasteiger partial charge in [0.05, 0.1) is 15.8 Å². The van der Waals surface area contributed by atoms with E-state index < -0.39 is 17.6 Å². The molecular formula is C19H14ClF3N2OS. The fraction of sp³-hybridized carbons (Fsp3) is 0.158. The number of allylic oxidation sites excluding steroid dienone is 1. The largest absolute Gasteiger partial charge is 0.416 e. The van der Waals surface area contributed by atoms with E-state index in [9.17, 15) is 18.0 Å². The summed E-state index contributed by atoms with van der Waals surface area (Å²) in [5.74, 6) is -0.741. The van der Waals surface area contributed by atoms with Gasteiger partial charge in [0.15, 0.2) is 4.80 Å². The van der Waals surface area contributed by atoms with Gasteiger partial charge in [-0.25, -0.2) is 0 Å². The Morgan fingerprint density at radius 3 is 2.74 bits per heavy atom. The zero-order valence-electron chi connectivity index (χ0n) is 14.2. The van der Waals surface area contributed by atoms with Crippen LogP contribution in [0.5, 0.6) is 0 Å². The molecule has 8 heteroatoms. The Morgan fingerprint density at radius 2 is 2.07 bits per heavy atom. The van der Waals surface area contributed by atoms with Gasteiger partial charge in [-0.3, -0.25) is 4.79 Å². The van der Waals surface area contributed by atoms with Crippen LogP contribution in [0.4, 0.5) is 13.2 Å². The van der Waals surface area contributed by atoms with Crippen LogP contribution >= 0.6 is 22.9 Å². The highest BCUT2D eigenvalue weighted by Crippen LogP contribution is 2.30. The Balaban J connectivity index is 2.16. The lowest BCUT2D eigenvalue weighted by Crippen LogP contribution is -2.17. The Bertz CT molecular complexity index is 1110. The molecule has 0 saturated heterocycles. The summed E-state index contributed by atoms with van der Waals surface area (Å²) in [6, 6.07) is 7.81. The molecule has 0 aliphatic heterocycles. The topological polar surface area (TPSA) is 34.4 Å². The van der Waals surface area contributed by atoms with Gasteiger partial charge in [-0.05, 0) is 42.8 Å². The molecule has 3 aromatic rings. The fourth-order valence-corrected chi connectivity index (χ4v) is 3.93. The number of fused-ring (bicyclic) bond motifs is 1. The molecule has 3 rings (SSSR count). The third-order valence-corrected chi connectivity index (χ3v) is 5.43. The summed E-state index contributed by atoms with van der Waals surface area (Å²) < 4.78 is 41.3. The van der Waals surface area contributed by atoms with Crippen molar-refractivity contribution in [2.24, 2.45) is 4.99 Å². The summed E-state index contributed by atoms with van der Waals surface area (Å²) in [7, 11) is 0. The first kappa shape index (κ1) is 19.4. The maximum atomic E-state index is 12.9. The van der Waals surface area contributed by atoms with Crippen LogP contribution in [0.2, 0.25) is 5.02 Å². The van der Waals surface area contributed by atoms with Crippen molar-refractivity contribution < 1.29 is 18.0 Å². The number of aromatic nitrogens is 1. The fourth-order valence-electron chi connectivity index (χ4n) is 2.68. The first-order valence-electron chi connectivity index (χ1n) is 7.88. The van der Waals surface area contributed by atoms with Crippen molar-refractivity contribution in [3.05, 3.63) is 75.6 Å². The van der Waals surface area contributed by atoms with E-state index >= 15 is 0 Å². The highest BCUT2D eigenvalue weighted by molar-refractivity contribution is 7.16. The van der Waals surface area contributed by atoms with Crippen molar-refractivity contribution in [3.8, 4) is 0 Å². The van der Waals surface area contributed by atoms with Crippen molar-refractivity contribution >= 4 is 39.1 Å². The molecule has 0 bridgehead atoms. The number of carbonyl (C=O) groups is 1. The average molecular weight is 411 g/mol. The van der Waals surface area contributed by atoms with Crippen molar-refractivity contribution in [1.82, 2.24) is 4.57 Å². The van der Waals surface area contributed by atoms with Crippen LogP contribution in [0.1, 0.15) is 21.5 Å². The molecule has 140 valence electrons. The molecule has 0 N–H and O–H groups in total. The smallest absolute Gasteiger partial charge is 0.312 e. The minimum atomic E-state index is -4.52. The van der Waals surface area contributed by atoms with Crippen LogP contribution in [0.25, 0.3) is 10.2 Å². The summed E-state index contributed by atoms with van der Waals surface area (Å²) in [6.07, 6.45) is -2.87. The summed E-state index contributed by atoms with van der Waals surface area (Å²) in [5.41, 5.74) is 0.645. The van der Waals surface area contributed by atoms with Crippen LogP contribution < -0.4 is 4.80 Å². The van der Waals surface area contributed by atoms with Crippen LogP contribution in [-0.4, -0.2) is 10.5 Å². The van der Waals surface area contributed by atoms with Crippen LogP contribution in [0.3, 0.4) is 0 Å². The van der Waals surface area contributed by atoms with E-state index in [1.54, 1.807) is 16.7 Å². The molecule has 0 radical (unpaired) electrons. The number of hydrogen-bond donors (Lipinski definition) is 0. The standard InChI is InChI=1S/C19H14ClF3N2OS/c1-3-9-25-16-11(2)14(20)7-8-15(16)27-18(25)24-17(26)12-5-4-6-13(10-12)19(21,22)23/h3-8,10H,1,9H2,2H3. The lowest BCUT2D eigenvalue weighted by Gasteiger charge is -2.07. The Hall–Kier alpha value is -2.38. The summed E-state index contributed by atoms with van der Waals surface area (Å²) in [4.78, 5) is 16.9. The average Bonchev–Trinajstić information content (AvgIpc) is 2.96. The van der Waals surface area contributed by atoms with Crippen molar-refractivity contribution in [1.29, 1.82) is 0 Å². The molecule has 1 heterocycles. The maximum Gasteiger partial charge on any atom is 0.416 e. The molecule has 27 heavy (non-hydrogen) atoms. The number of rotatable bonds is 3. The molecule has 1 amide bonds. The number of alkyl halides is 3. The number of aryl methyl sites for hydroxylation is 1. The number of carbonyl (C=O) groups excluding carboxylic acids is 1. The first-order chi connectivity index (χ1) is 12.7. The molecule has 0 saturated carbocycles. The highest BCUT2D eigenvalue weighted by atomic mass is 35.5. The number of halogens is 4. The number of amides is 1. The first-order valence-corrected chi connectivity index (χ1v) is 9.07. The molecular weight excluding hydrogens is 397 g/mol. The van der Waals surface area contributed by atoms with Crippen LogP contribution in [0, 0.1) is 6.92 Å². The third kappa shape index (κ3) is 3.84. The van der Waals surface area contributed by atoms with Gasteiger partial charge in [0.25, 0.3) is 5.91 Å². The number of nitrogens with zero attached hydrogens (tertiary/aromatic N) is 2. The zero-order valence-corrected chi connectivity index (χ0v) is 15.8. The minimum absolute atomic E-state index is 0.123. The lowest BCUT2D eigenvalue weighted by atomic mass is 10.1. The predicted octanol–water partition coefficient (Wildman–Crippen LogP) is 5.61. The normalized spacial score (nSPS) is 12.6. The van der Waals surface area contributed by atoms with Gasteiger partial charge < -0.3 is 4.57 Å². The summed E-state index contributed by atoms with van der Waals surface area (Å²) in [5, 5.41) is 0.578. The van der Waals surface area contributed by atoms with E-state index in [4.69, 9.17) is 11.6 Å². The number of benzene rings is 2. The molecule has 0 atom stereocenters. The second kappa shape index (κ2) is 7.32. The van der Waals surface area contributed by atoms with Gasteiger partial charge >= 0.3 is 6.18 Å². The van der Waals surface area contributed by atoms with Gasteiger partial charge in [0, 0.05) is 17.1 Å². The van der Waals surface area contributed by atoms with Gasteiger partial charge in [-0.2, -0.15) is 18.2 Å². The van der Waals surface area contributed by atoms with E-state index in [-0.39, 0.29) is 5.56 Å². The predicted molar refractivity (Wildman–Crippen MR) is 101 cm³/mol. The Morgan fingerprint density at radius 1 is 1.33 bits per heavy atom. The third-order valence-electron chi connectivity index (χ3n) is 3.98. The number of thiazole rings is 1. The molecule has 0 aliphatic rings.